The maximum atomic E-state index is 12.1. The number of ether oxygens (including phenoxy) is 1. The molecule has 0 N–H and O–H groups in total. The van der Waals surface area contributed by atoms with E-state index in [0.29, 0.717) is 5.41 Å². The fourth-order valence-corrected chi connectivity index (χ4v) is 3.46. The van der Waals surface area contributed by atoms with Gasteiger partial charge in [0.2, 0.25) is 0 Å². The molecule has 0 aromatic heterocycles. The second-order valence-corrected chi connectivity index (χ2v) is 8.24. The minimum Gasteiger partial charge on any atom is -0.444 e. The normalized spacial score (nSPS) is 24.7. The van der Waals surface area contributed by atoms with Crippen LogP contribution in [0.25, 0.3) is 0 Å². The Kier molecular flexibility index (Phi) is 4.36. The molecule has 0 aromatic rings. The van der Waals surface area contributed by atoms with Gasteiger partial charge in [-0.1, -0.05) is 6.92 Å². The van der Waals surface area contributed by atoms with Gasteiger partial charge in [-0.05, 0) is 64.7 Å². The summed E-state index contributed by atoms with van der Waals surface area (Å²) in [6.45, 7) is 9.34. The fraction of sp³-hybridized carbons (Fsp3) is 0.882. The maximum absolute atomic E-state index is 12.1. The first kappa shape index (κ1) is 16.3. The zero-order valence-corrected chi connectivity index (χ0v) is 13.9. The average Bonchev–Trinajstić information content (AvgIpc) is 2.42. The highest BCUT2D eigenvalue weighted by Gasteiger charge is 2.43. The number of hydrogen-bond acceptors (Lipinski definition) is 3. The number of carbonyl (C=O) groups excluding carboxylic acids is 2. The van der Waals surface area contributed by atoms with Crippen molar-refractivity contribution in [2.45, 2.75) is 71.8 Å². The van der Waals surface area contributed by atoms with Crippen molar-refractivity contribution in [1.29, 1.82) is 0 Å². The van der Waals surface area contributed by atoms with Gasteiger partial charge < -0.3 is 14.4 Å². The number of nitrogens with zero attached hydrogens (tertiary/aromatic N) is 1. The SMILES string of the molecule is CC1(C=O)CCC2(CCN(C(=O)OC(C)(C)C)CC2)CC1. The first-order chi connectivity index (χ1) is 9.67. The molecule has 1 amide bonds. The Morgan fingerprint density at radius 1 is 1.05 bits per heavy atom. The van der Waals surface area contributed by atoms with Crippen molar-refractivity contribution in [2.24, 2.45) is 10.8 Å². The molecule has 0 bridgehead atoms. The van der Waals surface area contributed by atoms with Gasteiger partial charge in [0.25, 0.3) is 0 Å². The Balaban J connectivity index is 1.86. The predicted octanol–water partition coefficient (Wildman–Crippen LogP) is 3.78. The number of piperidine rings is 1. The van der Waals surface area contributed by atoms with E-state index in [1.165, 1.54) is 0 Å². The Morgan fingerprint density at radius 2 is 1.57 bits per heavy atom. The molecule has 4 heteroatoms. The summed E-state index contributed by atoms with van der Waals surface area (Å²) in [5.74, 6) is 0. The minimum atomic E-state index is -0.428. The monoisotopic (exact) mass is 295 g/mol. The molecule has 2 aliphatic rings. The van der Waals surface area contributed by atoms with Crippen LogP contribution in [0, 0.1) is 10.8 Å². The van der Waals surface area contributed by atoms with E-state index in [2.05, 4.69) is 6.92 Å². The summed E-state index contributed by atoms with van der Waals surface area (Å²) in [5, 5.41) is 0. The van der Waals surface area contributed by atoms with E-state index >= 15 is 0 Å². The second-order valence-electron chi connectivity index (χ2n) is 8.24. The summed E-state index contributed by atoms with van der Waals surface area (Å²) in [6.07, 6.45) is 7.24. The van der Waals surface area contributed by atoms with E-state index in [-0.39, 0.29) is 11.5 Å². The molecule has 120 valence electrons. The molecule has 1 aliphatic carbocycles. The van der Waals surface area contributed by atoms with Gasteiger partial charge in [-0.25, -0.2) is 4.79 Å². The predicted molar refractivity (Wildman–Crippen MR) is 82.1 cm³/mol. The van der Waals surface area contributed by atoms with Crippen molar-refractivity contribution in [1.82, 2.24) is 4.90 Å². The number of amides is 1. The largest absolute Gasteiger partial charge is 0.444 e. The van der Waals surface area contributed by atoms with Gasteiger partial charge in [0, 0.05) is 18.5 Å². The quantitative estimate of drug-likeness (QED) is 0.692. The van der Waals surface area contributed by atoms with E-state index < -0.39 is 5.60 Å². The third-order valence-electron chi connectivity index (χ3n) is 5.21. The molecule has 1 spiro atoms. The highest BCUT2D eigenvalue weighted by Crippen LogP contribution is 2.49. The first-order valence-electron chi connectivity index (χ1n) is 8.11. The van der Waals surface area contributed by atoms with Crippen molar-refractivity contribution in [2.75, 3.05) is 13.1 Å². The fourth-order valence-electron chi connectivity index (χ4n) is 3.46. The van der Waals surface area contributed by atoms with E-state index in [9.17, 15) is 9.59 Å². The molecule has 1 saturated heterocycles. The summed E-state index contributed by atoms with van der Waals surface area (Å²) in [6, 6.07) is 0. The van der Waals surface area contributed by atoms with E-state index in [1.54, 1.807) is 0 Å². The Labute approximate surface area is 128 Å². The molecule has 1 heterocycles. The van der Waals surface area contributed by atoms with Gasteiger partial charge in [-0.3, -0.25) is 0 Å². The van der Waals surface area contributed by atoms with Crippen molar-refractivity contribution in [3.05, 3.63) is 0 Å². The van der Waals surface area contributed by atoms with Crippen molar-refractivity contribution in [3.63, 3.8) is 0 Å². The van der Waals surface area contributed by atoms with Crippen LogP contribution in [0.3, 0.4) is 0 Å². The zero-order valence-electron chi connectivity index (χ0n) is 13.9. The lowest BCUT2D eigenvalue weighted by atomic mass is 9.61. The van der Waals surface area contributed by atoms with Crippen LogP contribution < -0.4 is 0 Å². The van der Waals surface area contributed by atoms with Crippen molar-refractivity contribution < 1.29 is 14.3 Å². The highest BCUT2D eigenvalue weighted by atomic mass is 16.6. The van der Waals surface area contributed by atoms with Crippen LogP contribution in [-0.4, -0.2) is 36.0 Å². The highest BCUT2D eigenvalue weighted by molar-refractivity contribution is 5.68. The van der Waals surface area contributed by atoms with Crippen LogP contribution in [0.1, 0.15) is 66.2 Å². The van der Waals surface area contributed by atoms with Gasteiger partial charge in [-0.2, -0.15) is 0 Å². The van der Waals surface area contributed by atoms with Crippen LogP contribution in [0.4, 0.5) is 4.79 Å². The average molecular weight is 295 g/mol. The molecule has 0 atom stereocenters. The third kappa shape index (κ3) is 3.98. The Hall–Kier alpha value is -1.06. The number of carbonyl (C=O) groups is 2. The summed E-state index contributed by atoms with van der Waals surface area (Å²) >= 11 is 0. The first-order valence-corrected chi connectivity index (χ1v) is 8.11. The molecule has 4 nitrogen and oxygen atoms in total. The number of hydrogen-bond donors (Lipinski definition) is 0. The lowest BCUT2D eigenvalue weighted by Crippen LogP contribution is -2.47. The lowest BCUT2D eigenvalue weighted by molar-refractivity contribution is -0.118. The van der Waals surface area contributed by atoms with Gasteiger partial charge in [-0.15, -0.1) is 0 Å². The Bertz CT molecular complexity index is 393. The van der Waals surface area contributed by atoms with Crippen LogP contribution >= 0.6 is 0 Å². The van der Waals surface area contributed by atoms with E-state index in [1.807, 2.05) is 25.7 Å². The molecule has 2 rings (SSSR count). The molecular formula is C17H29NO3. The summed E-state index contributed by atoms with van der Waals surface area (Å²) < 4.78 is 5.44. The second kappa shape index (κ2) is 5.62. The van der Waals surface area contributed by atoms with E-state index in [0.717, 1.165) is 57.9 Å². The summed E-state index contributed by atoms with van der Waals surface area (Å²) in [5.41, 5.74) is -0.197. The minimum absolute atomic E-state index is 0.118. The lowest BCUT2D eigenvalue weighted by Gasteiger charge is -2.47. The molecule has 0 unspecified atom stereocenters. The zero-order chi connectivity index (χ0) is 15.7. The van der Waals surface area contributed by atoms with E-state index in [4.69, 9.17) is 4.74 Å². The molecule has 0 radical (unpaired) electrons. The van der Waals surface area contributed by atoms with Crippen LogP contribution in [0.15, 0.2) is 0 Å². The van der Waals surface area contributed by atoms with Gasteiger partial charge in [0.05, 0.1) is 0 Å². The molecule has 21 heavy (non-hydrogen) atoms. The standard InChI is InChI=1S/C17H29NO3/c1-15(2,3)21-14(20)18-11-9-17(10-12-18)7-5-16(4,13-19)6-8-17/h13H,5-12H2,1-4H3. The summed E-state index contributed by atoms with van der Waals surface area (Å²) in [4.78, 5) is 25.1. The molecule has 2 fully saturated rings. The van der Waals surface area contributed by atoms with Gasteiger partial charge in [0.15, 0.2) is 0 Å². The van der Waals surface area contributed by atoms with Crippen LogP contribution in [0.5, 0.6) is 0 Å². The summed E-state index contributed by atoms with van der Waals surface area (Å²) in [7, 11) is 0. The topological polar surface area (TPSA) is 46.6 Å². The molecule has 1 saturated carbocycles. The Morgan fingerprint density at radius 3 is 2.00 bits per heavy atom. The molecule has 0 aromatic carbocycles. The molecule has 1 aliphatic heterocycles. The van der Waals surface area contributed by atoms with Crippen molar-refractivity contribution in [3.8, 4) is 0 Å². The van der Waals surface area contributed by atoms with Gasteiger partial charge >= 0.3 is 6.09 Å². The van der Waals surface area contributed by atoms with Crippen molar-refractivity contribution >= 4 is 12.4 Å². The third-order valence-corrected chi connectivity index (χ3v) is 5.21. The number of aldehydes is 1. The van der Waals surface area contributed by atoms with Crippen LogP contribution in [-0.2, 0) is 9.53 Å². The number of rotatable bonds is 1. The number of likely N-dealkylation sites (tertiary alicyclic amines) is 1. The smallest absolute Gasteiger partial charge is 0.410 e. The van der Waals surface area contributed by atoms with Crippen LogP contribution in [0.2, 0.25) is 0 Å². The van der Waals surface area contributed by atoms with Gasteiger partial charge in [0.1, 0.15) is 11.9 Å². The molecular weight excluding hydrogens is 266 g/mol. The maximum Gasteiger partial charge on any atom is 0.410 e.